The van der Waals surface area contributed by atoms with Gasteiger partial charge in [-0.25, -0.2) is 0 Å². The second-order valence-corrected chi connectivity index (χ2v) is 8.62. The van der Waals surface area contributed by atoms with Crippen molar-refractivity contribution >= 4 is 11.6 Å². The van der Waals surface area contributed by atoms with Crippen molar-refractivity contribution in [1.82, 2.24) is 0 Å². The zero-order valence-corrected chi connectivity index (χ0v) is 14.8. The van der Waals surface area contributed by atoms with Crippen LogP contribution in [0.1, 0.15) is 65.4 Å². The van der Waals surface area contributed by atoms with Gasteiger partial charge in [0.15, 0.2) is 0 Å². The van der Waals surface area contributed by atoms with Crippen LogP contribution in [0.25, 0.3) is 0 Å². The predicted molar refractivity (Wildman–Crippen MR) is 89.0 cm³/mol. The van der Waals surface area contributed by atoms with Gasteiger partial charge in [0.1, 0.15) is 11.6 Å². The van der Waals surface area contributed by atoms with Gasteiger partial charge in [0.2, 0.25) is 0 Å². The summed E-state index contributed by atoms with van der Waals surface area (Å²) in [5, 5.41) is 0. The lowest BCUT2D eigenvalue weighted by Gasteiger charge is -2.51. The maximum absolute atomic E-state index is 13.1. The van der Waals surface area contributed by atoms with Crippen molar-refractivity contribution in [2.75, 3.05) is 0 Å². The molecule has 0 spiro atoms. The van der Waals surface area contributed by atoms with Crippen LogP contribution in [0.15, 0.2) is 23.0 Å². The van der Waals surface area contributed by atoms with Gasteiger partial charge in [0, 0.05) is 12.8 Å². The molecule has 0 saturated heterocycles. The molecule has 0 bridgehead atoms. The lowest BCUT2D eigenvalue weighted by Crippen LogP contribution is -2.50. The SMILES string of the molecule is CC1(C)CCC[C@@]2(C)[C@H]1CC(=O)[C@@]2(C)C(=O)CCc1ccoc1. The van der Waals surface area contributed by atoms with E-state index in [2.05, 4.69) is 20.8 Å². The quantitative estimate of drug-likeness (QED) is 0.763. The van der Waals surface area contributed by atoms with Gasteiger partial charge >= 0.3 is 0 Å². The Bertz CT molecular complexity index is 613. The van der Waals surface area contributed by atoms with Crippen LogP contribution >= 0.6 is 0 Å². The highest BCUT2D eigenvalue weighted by Gasteiger charge is 2.66. The summed E-state index contributed by atoms with van der Waals surface area (Å²) in [5.41, 5.74) is 0.155. The summed E-state index contributed by atoms with van der Waals surface area (Å²) in [6.07, 6.45) is 8.20. The molecule has 0 aromatic carbocycles. The van der Waals surface area contributed by atoms with Crippen molar-refractivity contribution in [3.63, 3.8) is 0 Å². The number of carbonyl (C=O) groups is 2. The molecule has 2 saturated carbocycles. The molecule has 3 atom stereocenters. The van der Waals surface area contributed by atoms with E-state index in [0.29, 0.717) is 25.2 Å². The van der Waals surface area contributed by atoms with Crippen molar-refractivity contribution in [3.05, 3.63) is 24.2 Å². The number of hydrogen-bond acceptors (Lipinski definition) is 3. The van der Waals surface area contributed by atoms with Gasteiger partial charge < -0.3 is 4.42 Å². The monoisotopic (exact) mass is 316 g/mol. The molecule has 0 radical (unpaired) electrons. The van der Waals surface area contributed by atoms with E-state index < -0.39 is 5.41 Å². The molecule has 2 fully saturated rings. The van der Waals surface area contributed by atoms with Gasteiger partial charge in [0.05, 0.1) is 17.9 Å². The van der Waals surface area contributed by atoms with Gasteiger partial charge in [0.25, 0.3) is 0 Å². The minimum Gasteiger partial charge on any atom is -0.472 e. The van der Waals surface area contributed by atoms with Gasteiger partial charge in [-0.15, -0.1) is 0 Å². The lowest BCUT2D eigenvalue weighted by atomic mass is 9.51. The second kappa shape index (κ2) is 5.32. The molecule has 3 heteroatoms. The standard InChI is InChI=1S/C20H28O3/c1-18(2)9-5-10-19(3)15(18)12-17(22)20(19,4)16(21)7-6-14-8-11-23-13-14/h8,11,13,15H,5-7,9-10,12H2,1-4H3/t15-,19-,20+/m0/s1. The fraction of sp³-hybridized carbons (Fsp3) is 0.700. The number of carbonyl (C=O) groups excluding carboxylic acids is 2. The van der Waals surface area contributed by atoms with E-state index in [-0.39, 0.29) is 22.4 Å². The number of hydrogen-bond donors (Lipinski definition) is 0. The summed E-state index contributed by atoms with van der Waals surface area (Å²) < 4.78 is 5.07. The number of ketones is 2. The molecule has 1 aromatic heterocycles. The molecular weight excluding hydrogens is 288 g/mol. The zero-order chi connectivity index (χ0) is 16.9. The molecule has 0 unspecified atom stereocenters. The fourth-order valence-corrected chi connectivity index (χ4v) is 5.35. The number of fused-ring (bicyclic) bond motifs is 1. The van der Waals surface area contributed by atoms with E-state index in [9.17, 15) is 9.59 Å². The van der Waals surface area contributed by atoms with E-state index >= 15 is 0 Å². The number of aryl methyl sites for hydroxylation is 1. The van der Waals surface area contributed by atoms with Crippen molar-refractivity contribution in [2.45, 2.75) is 66.2 Å². The molecule has 0 amide bonds. The number of rotatable bonds is 4. The van der Waals surface area contributed by atoms with Crippen LogP contribution in [-0.4, -0.2) is 11.6 Å². The van der Waals surface area contributed by atoms with Crippen LogP contribution in [-0.2, 0) is 16.0 Å². The van der Waals surface area contributed by atoms with Gasteiger partial charge in [-0.3, -0.25) is 9.59 Å². The second-order valence-electron chi connectivity index (χ2n) is 8.62. The summed E-state index contributed by atoms with van der Waals surface area (Å²) >= 11 is 0. The Hall–Kier alpha value is -1.38. The molecule has 1 aromatic rings. The molecule has 23 heavy (non-hydrogen) atoms. The molecular formula is C20H28O3. The summed E-state index contributed by atoms with van der Waals surface area (Å²) in [5.74, 6) is 0.600. The molecule has 0 N–H and O–H groups in total. The Morgan fingerprint density at radius 2 is 2.00 bits per heavy atom. The van der Waals surface area contributed by atoms with Gasteiger partial charge in [-0.05, 0) is 54.6 Å². The Labute approximate surface area is 138 Å². The summed E-state index contributed by atoms with van der Waals surface area (Å²) in [7, 11) is 0. The highest BCUT2D eigenvalue weighted by atomic mass is 16.3. The van der Waals surface area contributed by atoms with Crippen LogP contribution in [0.5, 0.6) is 0 Å². The van der Waals surface area contributed by atoms with Crippen molar-refractivity contribution in [3.8, 4) is 0 Å². The van der Waals surface area contributed by atoms with E-state index in [1.165, 1.54) is 0 Å². The van der Waals surface area contributed by atoms with Gasteiger partial charge in [-0.1, -0.05) is 27.2 Å². The van der Waals surface area contributed by atoms with Crippen molar-refractivity contribution < 1.29 is 14.0 Å². The first-order valence-corrected chi connectivity index (χ1v) is 8.79. The maximum atomic E-state index is 13.1. The van der Waals surface area contributed by atoms with Crippen LogP contribution in [0.3, 0.4) is 0 Å². The number of furan rings is 1. The molecule has 0 aliphatic heterocycles. The third-order valence-corrected chi connectivity index (χ3v) is 7.10. The summed E-state index contributed by atoms with van der Waals surface area (Å²) in [6.45, 7) is 8.65. The molecule has 2 aliphatic carbocycles. The molecule has 3 nitrogen and oxygen atoms in total. The van der Waals surface area contributed by atoms with E-state index in [4.69, 9.17) is 4.42 Å². The average molecular weight is 316 g/mol. The Kier molecular flexibility index (Phi) is 3.81. The molecule has 2 aliphatic rings. The van der Waals surface area contributed by atoms with Gasteiger partial charge in [-0.2, -0.15) is 0 Å². The zero-order valence-electron chi connectivity index (χ0n) is 14.8. The normalized spacial score (nSPS) is 36.0. The molecule has 3 rings (SSSR count). The average Bonchev–Trinajstić information content (AvgIpc) is 3.06. The molecule has 1 heterocycles. The highest BCUT2D eigenvalue weighted by molar-refractivity contribution is 6.09. The lowest BCUT2D eigenvalue weighted by molar-refractivity contribution is -0.146. The van der Waals surface area contributed by atoms with Crippen LogP contribution in [0, 0.1) is 22.2 Å². The Balaban J connectivity index is 1.86. The smallest absolute Gasteiger partial charge is 0.147 e. The first-order chi connectivity index (χ1) is 10.7. The van der Waals surface area contributed by atoms with E-state index in [1.54, 1.807) is 12.5 Å². The Morgan fingerprint density at radius 1 is 1.26 bits per heavy atom. The van der Waals surface area contributed by atoms with Crippen molar-refractivity contribution in [1.29, 1.82) is 0 Å². The third-order valence-electron chi connectivity index (χ3n) is 7.10. The summed E-state index contributed by atoms with van der Waals surface area (Å²) in [6, 6.07) is 1.89. The van der Waals surface area contributed by atoms with Crippen LogP contribution in [0.4, 0.5) is 0 Å². The first-order valence-electron chi connectivity index (χ1n) is 8.79. The predicted octanol–water partition coefficient (Wildman–Crippen LogP) is 4.59. The van der Waals surface area contributed by atoms with Crippen LogP contribution in [0.2, 0.25) is 0 Å². The van der Waals surface area contributed by atoms with Crippen LogP contribution < -0.4 is 0 Å². The Morgan fingerprint density at radius 3 is 2.65 bits per heavy atom. The maximum Gasteiger partial charge on any atom is 0.147 e. The highest BCUT2D eigenvalue weighted by Crippen LogP contribution is 2.65. The first kappa shape index (κ1) is 16.5. The fourth-order valence-electron chi connectivity index (χ4n) is 5.35. The minimum atomic E-state index is -0.820. The summed E-state index contributed by atoms with van der Waals surface area (Å²) in [4.78, 5) is 26.0. The number of Topliss-reactive ketones (excluding diaryl/α,β-unsaturated/α-hetero) is 2. The minimum absolute atomic E-state index is 0.117. The van der Waals surface area contributed by atoms with E-state index in [0.717, 1.165) is 24.8 Å². The molecule has 126 valence electrons. The third kappa shape index (κ3) is 2.31. The largest absolute Gasteiger partial charge is 0.472 e. The topological polar surface area (TPSA) is 47.3 Å². The van der Waals surface area contributed by atoms with Crippen molar-refractivity contribution in [2.24, 2.45) is 22.2 Å². The van der Waals surface area contributed by atoms with E-state index in [1.807, 2.05) is 13.0 Å².